The number of ether oxygens (including phenoxy) is 2. The standard InChI is InChI=1S/C18H18BrN3O4S/c1-25-15-7-8-17(16(11-15)26-2)27(23,24)21-18-9-10-22(20-18)12-13-3-5-14(19)6-4-13/h3-11H,12H2,1-2H3,(H,20,21). The first-order valence-electron chi connectivity index (χ1n) is 7.94. The van der Waals surface area contributed by atoms with Crippen LogP contribution in [0.3, 0.4) is 0 Å². The fourth-order valence-corrected chi connectivity index (χ4v) is 3.88. The molecule has 0 aliphatic rings. The van der Waals surface area contributed by atoms with Crippen LogP contribution in [0.25, 0.3) is 0 Å². The number of hydrogen-bond acceptors (Lipinski definition) is 5. The highest BCUT2D eigenvalue weighted by molar-refractivity contribution is 9.10. The van der Waals surface area contributed by atoms with Gasteiger partial charge in [0.05, 0.1) is 20.8 Å². The summed E-state index contributed by atoms with van der Waals surface area (Å²) in [6, 6.07) is 13.9. The van der Waals surface area contributed by atoms with E-state index in [1.54, 1.807) is 23.0 Å². The zero-order valence-corrected chi connectivity index (χ0v) is 17.1. The fraction of sp³-hybridized carbons (Fsp3) is 0.167. The highest BCUT2D eigenvalue weighted by atomic mass is 79.9. The highest BCUT2D eigenvalue weighted by Crippen LogP contribution is 2.29. The van der Waals surface area contributed by atoms with Crippen molar-refractivity contribution in [3.63, 3.8) is 0 Å². The van der Waals surface area contributed by atoms with Crippen LogP contribution in [0.15, 0.2) is 64.1 Å². The first-order valence-corrected chi connectivity index (χ1v) is 10.2. The third-order valence-corrected chi connectivity index (χ3v) is 5.72. The van der Waals surface area contributed by atoms with Crippen LogP contribution < -0.4 is 14.2 Å². The van der Waals surface area contributed by atoms with E-state index in [1.807, 2.05) is 24.3 Å². The van der Waals surface area contributed by atoms with Gasteiger partial charge in [-0.3, -0.25) is 9.40 Å². The molecule has 0 unspecified atom stereocenters. The number of benzene rings is 2. The molecule has 0 saturated carbocycles. The summed E-state index contributed by atoms with van der Waals surface area (Å²) in [4.78, 5) is 0.00765. The van der Waals surface area contributed by atoms with Crippen LogP contribution in [0.1, 0.15) is 5.56 Å². The number of anilines is 1. The molecule has 0 spiro atoms. The Morgan fingerprint density at radius 2 is 1.81 bits per heavy atom. The maximum Gasteiger partial charge on any atom is 0.266 e. The molecule has 0 aliphatic carbocycles. The molecule has 1 heterocycles. The van der Waals surface area contributed by atoms with E-state index in [0.717, 1.165) is 10.0 Å². The molecule has 0 amide bonds. The van der Waals surface area contributed by atoms with E-state index >= 15 is 0 Å². The molecule has 142 valence electrons. The van der Waals surface area contributed by atoms with Gasteiger partial charge in [0.1, 0.15) is 16.4 Å². The number of rotatable bonds is 7. The average molecular weight is 452 g/mol. The van der Waals surface area contributed by atoms with Crippen LogP contribution in [0.5, 0.6) is 11.5 Å². The molecule has 7 nitrogen and oxygen atoms in total. The van der Waals surface area contributed by atoms with E-state index in [-0.39, 0.29) is 16.5 Å². The Morgan fingerprint density at radius 1 is 1.07 bits per heavy atom. The maximum atomic E-state index is 12.7. The quantitative estimate of drug-likeness (QED) is 0.594. The number of hydrogen-bond donors (Lipinski definition) is 1. The van der Waals surface area contributed by atoms with Gasteiger partial charge in [-0.25, -0.2) is 8.42 Å². The lowest BCUT2D eigenvalue weighted by molar-refractivity contribution is 0.386. The van der Waals surface area contributed by atoms with E-state index in [0.29, 0.717) is 12.3 Å². The maximum absolute atomic E-state index is 12.7. The van der Waals surface area contributed by atoms with Gasteiger partial charge in [0.25, 0.3) is 10.0 Å². The zero-order chi connectivity index (χ0) is 19.4. The Balaban J connectivity index is 1.78. The summed E-state index contributed by atoms with van der Waals surface area (Å²) in [7, 11) is -0.956. The molecule has 1 aromatic heterocycles. The molecule has 0 atom stereocenters. The van der Waals surface area contributed by atoms with Crippen molar-refractivity contribution in [2.45, 2.75) is 11.4 Å². The van der Waals surface area contributed by atoms with Gasteiger partial charge >= 0.3 is 0 Å². The molecule has 0 saturated heterocycles. The summed E-state index contributed by atoms with van der Waals surface area (Å²) in [6.45, 7) is 0.529. The second-order valence-electron chi connectivity index (χ2n) is 5.65. The van der Waals surface area contributed by atoms with Crippen molar-refractivity contribution < 1.29 is 17.9 Å². The summed E-state index contributed by atoms with van der Waals surface area (Å²) in [5, 5.41) is 4.28. The summed E-state index contributed by atoms with van der Waals surface area (Å²) in [5.74, 6) is 0.922. The number of aromatic nitrogens is 2. The minimum absolute atomic E-state index is 0.00765. The SMILES string of the molecule is COc1ccc(S(=O)(=O)Nc2ccn(Cc3ccc(Br)cc3)n2)c(OC)c1. The topological polar surface area (TPSA) is 82.5 Å². The third-order valence-electron chi connectivity index (χ3n) is 3.80. The molecule has 2 aromatic carbocycles. The van der Waals surface area contributed by atoms with Crippen LogP contribution in [0.2, 0.25) is 0 Å². The normalized spacial score (nSPS) is 11.2. The smallest absolute Gasteiger partial charge is 0.266 e. The predicted molar refractivity (Wildman–Crippen MR) is 106 cm³/mol. The summed E-state index contributed by atoms with van der Waals surface area (Å²) in [6.07, 6.45) is 1.71. The zero-order valence-electron chi connectivity index (χ0n) is 14.7. The van der Waals surface area contributed by atoms with E-state index < -0.39 is 10.0 Å². The molecule has 3 rings (SSSR count). The summed E-state index contributed by atoms with van der Waals surface area (Å²) < 4.78 is 40.8. The van der Waals surface area contributed by atoms with Crippen molar-refractivity contribution in [1.82, 2.24) is 9.78 Å². The van der Waals surface area contributed by atoms with Gasteiger partial charge in [0.2, 0.25) is 0 Å². The summed E-state index contributed by atoms with van der Waals surface area (Å²) >= 11 is 3.39. The van der Waals surface area contributed by atoms with Crippen molar-refractivity contribution >= 4 is 31.8 Å². The molecule has 9 heteroatoms. The van der Waals surface area contributed by atoms with Crippen LogP contribution in [-0.4, -0.2) is 32.4 Å². The number of nitrogens with zero attached hydrogens (tertiary/aromatic N) is 2. The van der Waals surface area contributed by atoms with Crippen molar-refractivity contribution in [1.29, 1.82) is 0 Å². The largest absolute Gasteiger partial charge is 0.497 e. The molecule has 0 radical (unpaired) electrons. The second-order valence-corrected chi connectivity index (χ2v) is 8.21. The third kappa shape index (κ3) is 4.61. The van der Waals surface area contributed by atoms with Gasteiger partial charge in [0, 0.05) is 22.8 Å². The van der Waals surface area contributed by atoms with Crippen LogP contribution in [-0.2, 0) is 16.6 Å². The highest BCUT2D eigenvalue weighted by Gasteiger charge is 2.21. The van der Waals surface area contributed by atoms with Gasteiger partial charge in [0.15, 0.2) is 5.82 Å². The van der Waals surface area contributed by atoms with E-state index in [9.17, 15) is 8.42 Å². The Bertz CT molecular complexity index is 1030. The van der Waals surface area contributed by atoms with Crippen molar-refractivity contribution in [2.24, 2.45) is 0 Å². The van der Waals surface area contributed by atoms with Gasteiger partial charge in [-0.15, -0.1) is 0 Å². The van der Waals surface area contributed by atoms with Gasteiger partial charge < -0.3 is 9.47 Å². The number of nitrogens with one attached hydrogen (secondary N) is 1. The van der Waals surface area contributed by atoms with Crippen LogP contribution >= 0.6 is 15.9 Å². The first kappa shape index (κ1) is 19.2. The second kappa shape index (κ2) is 8.01. The Kier molecular flexibility index (Phi) is 5.71. The molecule has 0 aliphatic heterocycles. The lowest BCUT2D eigenvalue weighted by Gasteiger charge is -2.11. The summed E-state index contributed by atoms with van der Waals surface area (Å²) in [5.41, 5.74) is 1.05. The first-order chi connectivity index (χ1) is 12.9. The molecule has 0 bridgehead atoms. The number of halogens is 1. The molecule has 1 N–H and O–H groups in total. The lowest BCUT2D eigenvalue weighted by atomic mass is 10.2. The van der Waals surface area contributed by atoms with Gasteiger partial charge in [-0.1, -0.05) is 28.1 Å². The molecule has 3 aromatic rings. The van der Waals surface area contributed by atoms with Crippen LogP contribution in [0, 0.1) is 0 Å². The van der Waals surface area contributed by atoms with E-state index in [1.165, 1.54) is 26.4 Å². The fourth-order valence-electron chi connectivity index (χ4n) is 2.47. The Hall–Kier alpha value is -2.52. The lowest BCUT2D eigenvalue weighted by Crippen LogP contribution is -2.15. The number of sulfonamides is 1. The minimum atomic E-state index is -3.86. The van der Waals surface area contributed by atoms with Crippen molar-refractivity contribution in [2.75, 3.05) is 18.9 Å². The molecule has 0 fully saturated rings. The van der Waals surface area contributed by atoms with Gasteiger partial charge in [-0.2, -0.15) is 5.10 Å². The van der Waals surface area contributed by atoms with Gasteiger partial charge in [-0.05, 0) is 29.8 Å². The van der Waals surface area contributed by atoms with Crippen molar-refractivity contribution in [3.8, 4) is 11.5 Å². The van der Waals surface area contributed by atoms with Crippen molar-refractivity contribution in [3.05, 3.63) is 64.8 Å². The minimum Gasteiger partial charge on any atom is -0.497 e. The predicted octanol–water partition coefficient (Wildman–Crippen LogP) is 3.51. The Labute approximate surface area is 166 Å². The van der Waals surface area contributed by atoms with E-state index in [4.69, 9.17) is 9.47 Å². The van der Waals surface area contributed by atoms with Crippen LogP contribution in [0.4, 0.5) is 5.82 Å². The Morgan fingerprint density at radius 3 is 2.48 bits per heavy atom. The molecular weight excluding hydrogens is 434 g/mol. The molecular formula is C18H18BrN3O4S. The number of methoxy groups -OCH3 is 2. The average Bonchev–Trinajstić information content (AvgIpc) is 3.09. The molecule has 27 heavy (non-hydrogen) atoms. The monoisotopic (exact) mass is 451 g/mol. The van der Waals surface area contributed by atoms with E-state index in [2.05, 4.69) is 25.8 Å².